The second kappa shape index (κ2) is 4.98. The Morgan fingerprint density at radius 3 is 2.82 bits per heavy atom. The Bertz CT molecular complexity index is 553. The highest BCUT2D eigenvalue weighted by Crippen LogP contribution is 2.17. The zero-order valence-corrected chi connectivity index (χ0v) is 11.1. The molecule has 0 bridgehead atoms. The van der Waals surface area contributed by atoms with Crippen molar-refractivity contribution in [2.75, 3.05) is 0 Å². The summed E-state index contributed by atoms with van der Waals surface area (Å²) in [5.41, 5.74) is 0. The highest BCUT2D eigenvalue weighted by molar-refractivity contribution is 7.85. The zero-order chi connectivity index (χ0) is 12.4. The lowest BCUT2D eigenvalue weighted by Crippen LogP contribution is -2.07. The maximum atomic E-state index is 11.9. The fraction of sp³-hybridized carbons (Fsp3) is 0.273. The number of nitrogens with zero attached hydrogens (tertiary/aromatic N) is 3. The van der Waals surface area contributed by atoms with E-state index < -0.39 is 10.8 Å². The van der Waals surface area contributed by atoms with Crippen LogP contribution in [0.4, 0.5) is 0 Å². The van der Waals surface area contributed by atoms with E-state index in [1.165, 1.54) is 4.68 Å². The summed E-state index contributed by atoms with van der Waals surface area (Å²) < 4.78 is 13.4. The molecule has 0 saturated carbocycles. The van der Waals surface area contributed by atoms with Gasteiger partial charge in [-0.25, -0.2) is 9.67 Å². The van der Waals surface area contributed by atoms with Crippen LogP contribution in [0, 0.1) is 0 Å². The molecule has 0 aliphatic rings. The Morgan fingerprint density at radius 2 is 2.18 bits per heavy atom. The molecule has 6 heteroatoms. The van der Waals surface area contributed by atoms with E-state index >= 15 is 0 Å². The molecule has 0 saturated heterocycles. The van der Waals surface area contributed by atoms with Crippen molar-refractivity contribution in [1.29, 1.82) is 0 Å². The van der Waals surface area contributed by atoms with Gasteiger partial charge in [-0.15, -0.1) is 0 Å². The fourth-order valence-corrected chi connectivity index (χ4v) is 2.37. The maximum Gasteiger partial charge on any atom is 0.172 e. The minimum absolute atomic E-state index is 0.0394. The molecule has 0 aliphatic carbocycles. The van der Waals surface area contributed by atoms with Gasteiger partial charge in [-0.3, -0.25) is 4.21 Å². The quantitative estimate of drug-likeness (QED) is 0.860. The van der Waals surface area contributed by atoms with Crippen molar-refractivity contribution in [3.05, 3.63) is 35.6 Å². The summed E-state index contributed by atoms with van der Waals surface area (Å²) in [4.78, 5) is 4.14. The van der Waals surface area contributed by atoms with E-state index in [2.05, 4.69) is 10.1 Å². The van der Waals surface area contributed by atoms with Gasteiger partial charge in [-0.05, 0) is 18.2 Å². The molecule has 0 aromatic carbocycles. The smallest absolute Gasteiger partial charge is 0.172 e. The SMILES string of the molecule is CC(C)S(=O)c1ccn(-c2ncccc2Cl)n1. The first-order valence-corrected chi connectivity index (χ1v) is 6.76. The molecule has 90 valence electrons. The first-order chi connectivity index (χ1) is 8.09. The minimum Gasteiger partial charge on any atom is -0.252 e. The van der Waals surface area contributed by atoms with Crippen molar-refractivity contribution >= 4 is 22.4 Å². The second-order valence-electron chi connectivity index (χ2n) is 3.75. The zero-order valence-electron chi connectivity index (χ0n) is 9.50. The number of hydrogen-bond donors (Lipinski definition) is 0. The van der Waals surface area contributed by atoms with Gasteiger partial charge in [0.1, 0.15) is 5.03 Å². The predicted octanol–water partition coefficient (Wildman–Crippen LogP) is 2.44. The number of hydrogen-bond acceptors (Lipinski definition) is 3. The van der Waals surface area contributed by atoms with Gasteiger partial charge in [0, 0.05) is 17.6 Å². The molecule has 2 aromatic rings. The Morgan fingerprint density at radius 1 is 1.41 bits per heavy atom. The Labute approximate surface area is 107 Å². The van der Waals surface area contributed by atoms with Gasteiger partial charge in [0.2, 0.25) is 0 Å². The van der Waals surface area contributed by atoms with Crippen LogP contribution in [0.15, 0.2) is 35.6 Å². The van der Waals surface area contributed by atoms with E-state index in [1.807, 2.05) is 13.8 Å². The van der Waals surface area contributed by atoms with Gasteiger partial charge in [0.05, 0.1) is 15.8 Å². The molecule has 4 nitrogen and oxygen atoms in total. The summed E-state index contributed by atoms with van der Waals surface area (Å²) in [6.45, 7) is 3.78. The summed E-state index contributed by atoms with van der Waals surface area (Å²) in [7, 11) is -1.10. The van der Waals surface area contributed by atoms with E-state index in [0.29, 0.717) is 15.9 Å². The van der Waals surface area contributed by atoms with Crippen molar-refractivity contribution in [3.8, 4) is 5.82 Å². The Kier molecular flexibility index (Phi) is 3.59. The molecular formula is C11H12ClN3OS. The van der Waals surface area contributed by atoms with Crippen LogP contribution >= 0.6 is 11.6 Å². The molecule has 2 heterocycles. The first kappa shape index (κ1) is 12.3. The summed E-state index contributed by atoms with van der Waals surface area (Å²) in [5, 5.41) is 5.33. The maximum absolute atomic E-state index is 11.9. The van der Waals surface area contributed by atoms with E-state index in [9.17, 15) is 4.21 Å². The Balaban J connectivity index is 2.37. The monoisotopic (exact) mass is 269 g/mol. The summed E-state index contributed by atoms with van der Waals surface area (Å²) >= 11 is 6.01. The van der Waals surface area contributed by atoms with E-state index in [1.54, 1.807) is 30.6 Å². The van der Waals surface area contributed by atoms with Crippen molar-refractivity contribution in [2.45, 2.75) is 24.1 Å². The van der Waals surface area contributed by atoms with Gasteiger partial charge >= 0.3 is 0 Å². The Hall–Kier alpha value is -1.20. The molecule has 0 amide bonds. The average Bonchev–Trinajstić information content (AvgIpc) is 2.77. The molecule has 0 aliphatic heterocycles. The molecule has 0 radical (unpaired) electrons. The lowest BCUT2D eigenvalue weighted by Gasteiger charge is -2.03. The van der Waals surface area contributed by atoms with E-state index in [0.717, 1.165) is 0 Å². The normalized spacial score (nSPS) is 12.9. The van der Waals surface area contributed by atoms with Gasteiger partial charge in [-0.1, -0.05) is 25.4 Å². The highest BCUT2D eigenvalue weighted by Gasteiger charge is 2.13. The van der Waals surface area contributed by atoms with Gasteiger partial charge in [-0.2, -0.15) is 5.10 Å². The summed E-state index contributed by atoms with van der Waals surface area (Å²) in [5.74, 6) is 0.543. The molecule has 0 N–H and O–H groups in total. The second-order valence-corrected chi connectivity index (χ2v) is 6.12. The minimum atomic E-state index is -1.10. The lowest BCUT2D eigenvalue weighted by molar-refractivity contribution is 0.670. The molecule has 2 aromatic heterocycles. The fourth-order valence-electron chi connectivity index (χ4n) is 1.32. The van der Waals surface area contributed by atoms with Gasteiger partial charge in [0.15, 0.2) is 5.82 Å². The van der Waals surface area contributed by atoms with Crippen molar-refractivity contribution in [3.63, 3.8) is 0 Å². The summed E-state index contributed by atoms with van der Waals surface area (Å²) in [6.07, 6.45) is 3.35. The number of rotatable bonds is 3. The van der Waals surface area contributed by atoms with Crippen molar-refractivity contribution in [2.24, 2.45) is 0 Å². The third kappa shape index (κ3) is 2.56. The van der Waals surface area contributed by atoms with Crippen LogP contribution < -0.4 is 0 Å². The van der Waals surface area contributed by atoms with Crippen LogP contribution in [0.5, 0.6) is 0 Å². The highest BCUT2D eigenvalue weighted by atomic mass is 35.5. The third-order valence-electron chi connectivity index (χ3n) is 2.15. The van der Waals surface area contributed by atoms with E-state index in [4.69, 9.17) is 11.6 Å². The summed E-state index contributed by atoms with van der Waals surface area (Å²) in [6, 6.07) is 5.22. The molecule has 0 fully saturated rings. The number of pyridine rings is 1. The molecule has 1 atom stereocenters. The van der Waals surface area contributed by atoms with Crippen LogP contribution in [0.1, 0.15) is 13.8 Å². The number of halogens is 1. The van der Waals surface area contributed by atoms with Crippen LogP contribution in [-0.4, -0.2) is 24.2 Å². The molecule has 1 unspecified atom stereocenters. The molecule has 0 spiro atoms. The standard InChI is InChI=1S/C11H12ClN3OS/c1-8(2)17(16)10-5-7-15(14-10)11-9(12)4-3-6-13-11/h3-8H,1-2H3. The third-order valence-corrected chi connectivity index (χ3v) is 3.94. The largest absolute Gasteiger partial charge is 0.252 e. The topological polar surface area (TPSA) is 47.8 Å². The van der Waals surface area contributed by atoms with Crippen molar-refractivity contribution < 1.29 is 4.21 Å². The van der Waals surface area contributed by atoms with Crippen LogP contribution in [0.3, 0.4) is 0 Å². The van der Waals surface area contributed by atoms with Crippen LogP contribution in [-0.2, 0) is 10.8 Å². The van der Waals surface area contributed by atoms with E-state index in [-0.39, 0.29) is 5.25 Å². The van der Waals surface area contributed by atoms with Gasteiger partial charge in [0.25, 0.3) is 0 Å². The number of aromatic nitrogens is 3. The molecule has 2 rings (SSSR count). The van der Waals surface area contributed by atoms with Gasteiger partial charge < -0.3 is 0 Å². The predicted molar refractivity (Wildman–Crippen MR) is 67.9 cm³/mol. The first-order valence-electron chi connectivity index (χ1n) is 5.16. The van der Waals surface area contributed by atoms with Crippen molar-refractivity contribution in [1.82, 2.24) is 14.8 Å². The van der Waals surface area contributed by atoms with Crippen LogP contribution in [0.2, 0.25) is 5.02 Å². The molecular weight excluding hydrogens is 258 g/mol. The van der Waals surface area contributed by atoms with Crippen LogP contribution in [0.25, 0.3) is 5.82 Å². The lowest BCUT2D eigenvalue weighted by atomic mass is 10.4. The average molecular weight is 270 g/mol. The molecule has 17 heavy (non-hydrogen) atoms.